The first-order valence-corrected chi connectivity index (χ1v) is 6.04. The molecule has 0 saturated heterocycles. The van der Waals surface area contributed by atoms with Gasteiger partial charge >= 0.3 is 0 Å². The average Bonchev–Trinajstić information content (AvgIpc) is 2.62. The Kier molecular flexibility index (Phi) is 0.743. The van der Waals surface area contributed by atoms with Gasteiger partial charge in [0, 0.05) is 0 Å². The summed E-state index contributed by atoms with van der Waals surface area (Å²) < 4.78 is 0. The molecule has 70 valence electrons. The summed E-state index contributed by atoms with van der Waals surface area (Å²) in [7, 11) is 0. The second-order valence-electron chi connectivity index (χ2n) is 6.29. The highest BCUT2D eigenvalue weighted by atomic mass is 16.3. The fourth-order valence-corrected chi connectivity index (χ4v) is 6.71. The van der Waals surface area contributed by atoms with Crippen molar-refractivity contribution < 1.29 is 5.11 Å². The Morgan fingerprint density at radius 3 is 2.92 bits per heavy atom. The Balaban J connectivity index is 1.80. The van der Waals surface area contributed by atoms with Gasteiger partial charge in [-0.1, -0.05) is 6.42 Å². The van der Waals surface area contributed by atoms with E-state index in [1.165, 1.54) is 25.7 Å². The average molecular weight is 176 g/mol. The molecule has 6 rings (SSSR count). The minimum Gasteiger partial charge on any atom is -0.393 e. The summed E-state index contributed by atoms with van der Waals surface area (Å²) in [5.74, 6) is 5.71. The fourth-order valence-electron chi connectivity index (χ4n) is 6.71. The molecule has 8 atom stereocenters. The molecule has 0 radical (unpaired) electrons. The Bertz CT molecular complexity index is 308. The molecule has 6 saturated carbocycles. The van der Waals surface area contributed by atoms with Gasteiger partial charge in [-0.2, -0.15) is 0 Å². The van der Waals surface area contributed by atoms with E-state index in [0.717, 1.165) is 35.5 Å². The van der Waals surface area contributed by atoms with Crippen LogP contribution in [0.5, 0.6) is 0 Å². The summed E-state index contributed by atoms with van der Waals surface area (Å²) in [6.07, 6.45) is 5.88. The van der Waals surface area contributed by atoms with Crippen LogP contribution in [0.15, 0.2) is 0 Å². The van der Waals surface area contributed by atoms with Crippen LogP contribution in [0.25, 0.3) is 0 Å². The summed E-state index contributed by atoms with van der Waals surface area (Å²) >= 11 is 0. The van der Waals surface area contributed by atoms with Crippen molar-refractivity contribution >= 4 is 0 Å². The van der Waals surface area contributed by atoms with Crippen LogP contribution in [0.3, 0.4) is 0 Å². The summed E-state index contributed by atoms with van der Waals surface area (Å²) in [6, 6.07) is 0. The molecule has 6 aliphatic rings. The van der Waals surface area contributed by atoms with Gasteiger partial charge in [0.25, 0.3) is 0 Å². The molecule has 0 aromatic rings. The van der Waals surface area contributed by atoms with E-state index >= 15 is 0 Å². The van der Waals surface area contributed by atoms with Crippen LogP contribution >= 0.6 is 0 Å². The van der Waals surface area contributed by atoms with Gasteiger partial charge in [0.1, 0.15) is 0 Å². The van der Waals surface area contributed by atoms with Crippen molar-refractivity contribution in [3.63, 3.8) is 0 Å². The minimum absolute atomic E-state index is 0.126. The molecule has 1 nitrogen and oxygen atoms in total. The molecule has 1 spiro atoms. The third-order valence-corrected chi connectivity index (χ3v) is 6.60. The second kappa shape index (κ2) is 1.50. The third kappa shape index (κ3) is 0.393. The molecular formula is C12H16O. The lowest BCUT2D eigenvalue weighted by Gasteiger charge is -2.32. The van der Waals surface area contributed by atoms with Gasteiger partial charge < -0.3 is 5.11 Å². The lowest BCUT2D eigenvalue weighted by atomic mass is 9.74. The standard InChI is InChI=1S/C12H16O/c13-11-6-2-1-3-12(6)7-4-5-8(9(7)11)10(5)12/h5-11,13H,1-4H2/t5-,6-,7-,8?,9?,10?,11-,12+/m1/s1. The third-order valence-electron chi connectivity index (χ3n) is 6.60. The van der Waals surface area contributed by atoms with Crippen LogP contribution in [0.1, 0.15) is 25.7 Å². The zero-order valence-corrected chi connectivity index (χ0v) is 7.82. The number of hydrogen-bond acceptors (Lipinski definition) is 1. The molecule has 0 aromatic carbocycles. The molecule has 0 amide bonds. The van der Waals surface area contributed by atoms with Crippen molar-refractivity contribution in [2.75, 3.05) is 0 Å². The molecule has 3 unspecified atom stereocenters. The smallest absolute Gasteiger partial charge is 0.0607 e. The van der Waals surface area contributed by atoms with Crippen LogP contribution < -0.4 is 0 Å². The number of aliphatic hydroxyl groups excluding tert-OH is 1. The van der Waals surface area contributed by atoms with Crippen LogP contribution in [0.2, 0.25) is 0 Å². The summed E-state index contributed by atoms with van der Waals surface area (Å²) in [5.41, 5.74) is 0.708. The van der Waals surface area contributed by atoms with Gasteiger partial charge in [-0.3, -0.25) is 0 Å². The highest BCUT2D eigenvalue weighted by Crippen LogP contribution is 2.89. The molecule has 1 N–H and O–H groups in total. The fraction of sp³-hybridized carbons (Fsp3) is 1.00. The highest BCUT2D eigenvalue weighted by Gasteiger charge is 2.86. The van der Waals surface area contributed by atoms with Crippen molar-refractivity contribution in [2.24, 2.45) is 40.9 Å². The van der Waals surface area contributed by atoms with Gasteiger partial charge in [-0.05, 0) is 60.2 Å². The Labute approximate surface area is 78.5 Å². The summed E-state index contributed by atoms with van der Waals surface area (Å²) in [4.78, 5) is 0. The lowest BCUT2D eigenvalue weighted by molar-refractivity contribution is 0.0368. The van der Waals surface area contributed by atoms with Gasteiger partial charge in [0.2, 0.25) is 0 Å². The van der Waals surface area contributed by atoms with Crippen molar-refractivity contribution in [2.45, 2.75) is 31.8 Å². The van der Waals surface area contributed by atoms with Crippen molar-refractivity contribution in [3.05, 3.63) is 0 Å². The first-order chi connectivity index (χ1) is 6.36. The van der Waals surface area contributed by atoms with E-state index in [1.807, 2.05) is 0 Å². The largest absolute Gasteiger partial charge is 0.393 e. The minimum atomic E-state index is 0.126. The van der Waals surface area contributed by atoms with Gasteiger partial charge in [0.15, 0.2) is 0 Å². The van der Waals surface area contributed by atoms with Crippen molar-refractivity contribution in [1.82, 2.24) is 0 Å². The Morgan fingerprint density at radius 1 is 1.15 bits per heavy atom. The van der Waals surface area contributed by atoms with E-state index in [0.29, 0.717) is 5.41 Å². The maximum atomic E-state index is 10.3. The maximum Gasteiger partial charge on any atom is 0.0607 e. The molecule has 6 bridgehead atoms. The van der Waals surface area contributed by atoms with Crippen molar-refractivity contribution in [1.29, 1.82) is 0 Å². The second-order valence-corrected chi connectivity index (χ2v) is 6.29. The zero-order valence-electron chi connectivity index (χ0n) is 7.82. The van der Waals surface area contributed by atoms with Gasteiger partial charge in [-0.15, -0.1) is 0 Å². The Hall–Kier alpha value is -0.0400. The molecule has 6 fully saturated rings. The molecule has 1 heteroatoms. The van der Waals surface area contributed by atoms with Gasteiger partial charge in [-0.25, -0.2) is 0 Å². The normalized spacial score (nSPS) is 80.5. The first kappa shape index (κ1) is 6.44. The molecule has 6 aliphatic carbocycles. The predicted octanol–water partition coefficient (Wildman–Crippen LogP) is 1.66. The van der Waals surface area contributed by atoms with E-state index in [2.05, 4.69) is 0 Å². The number of hydrogen-bond donors (Lipinski definition) is 1. The van der Waals surface area contributed by atoms with Gasteiger partial charge in [0.05, 0.1) is 6.10 Å². The molecule has 13 heavy (non-hydrogen) atoms. The van der Waals surface area contributed by atoms with Crippen LogP contribution in [0, 0.1) is 40.9 Å². The van der Waals surface area contributed by atoms with Crippen LogP contribution in [-0.4, -0.2) is 11.2 Å². The quantitative estimate of drug-likeness (QED) is 0.595. The molecule has 0 heterocycles. The van der Waals surface area contributed by atoms with E-state index < -0.39 is 0 Å². The van der Waals surface area contributed by atoms with Crippen molar-refractivity contribution in [3.8, 4) is 0 Å². The summed E-state index contributed by atoms with van der Waals surface area (Å²) in [6.45, 7) is 0. The molecule has 0 aliphatic heterocycles. The summed E-state index contributed by atoms with van der Waals surface area (Å²) in [5, 5.41) is 10.3. The first-order valence-electron chi connectivity index (χ1n) is 6.04. The number of rotatable bonds is 0. The van der Waals surface area contributed by atoms with Crippen LogP contribution in [0.4, 0.5) is 0 Å². The Morgan fingerprint density at radius 2 is 2.08 bits per heavy atom. The zero-order chi connectivity index (χ0) is 8.37. The van der Waals surface area contributed by atoms with E-state index in [1.54, 1.807) is 0 Å². The highest BCUT2D eigenvalue weighted by molar-refractivity contribution is 5.34. The lowest BCUT2D eigenvalue weighted by Crippen LogP contribution is -2.32. The maximum absolute atomic E-state index is 10.3. The SMILES string of the molecule is O[C@H]1C2C3C4[C@@H]3C[C@H]2[C@@]42CCC[C@H]12. The molecule has 0 aromatic heterocycles. The number of aliphatic hydroxyl groups is 1. The topological polar surface area (TPSA) is 20.2 Å². The predicted molar refractivity (Wildman–Crippen MR) is 47.8 cm³/mol. The van der Waals surface area contributed by atoms with E-state index in [9.17, 15) is 5.11 Å². The van der Waals surface area contributed by atoms with Crippen LogP contribution in [-0.2, 0) is 0 Å². The van der Waals surface area contributed by atoms with E-state index in [-0.39, 0.29) is 6.10 Å². The van der Waals surface area contributed by atoms with E-state index in [4.69, 9.17) is 0 Å². The monoisotopic (exact) mass is 176 g/mol. The molecular weight excluding hydrogens is 160 g/mol.